The van der Waals surface area contributed by atoms with Crippen molar-refractivity contribution in [2.45, 2.75) is 13.3 Å². The molecule has 2 heterocycles. The lowest BCUT2D eigenvalue weighted by molar-refractivity contribution is -0.136. The number of rotatable bonds is 1. The van der Waals surface area contributed by atoms with Crippen molar-refractivity contribution in [3.8, 4) is 11.8 Å². The standard InChI is InChI=1S/C12H12N2O2/c1-2-16-11(15)4-3-9-7-10-5-6-13-12(10)14-8-9/h7-8H,2,5-6H2,1H3,(H,13,14). The first-order valence-electron chi connectivity index (χ1n) is 5.21. The number of nitrogens with one attached hydrogen (secondary N) is 1. The number of anilines is 1. The first kappa shape index (κ1) is 10.5. The Labute approximate surface area is 94.0 Å². The summed E-state index contributed by atoms with van der Waals surface area (Å²) in [7, 11) is 0. The van der Waals surface area contributed by atoms with Crippen LogP contribution < -0.4 is 5.32 Å². The highest BCUT2D eigenvalue weighted by molar-refractivity contribution is 5.89. The predicted molar refractivity (Wildman–Crippen MR) is 59.9 cm³/mol. The largest absolute Gasteiger partial charge is 0.456 e. The second kappa shape index (κ2) is 4.67. The van der Waals surface area contributed by atoms with Gasteiger partial charge in [0.25, 0.3) is 0 Å². The van der Waals surface area contributed by atoms with E-state index >= 15 is 0 Å². The lowest BCUT2D eigenvalue weighted by Gasteiger charge is -1.97. The number of carbonyl (C=O) groups is 1. The molecule has 1 N–H and O–H groups in total. The van der Waals surface area contributed by atoms with Crippen LogP contribution in [0.15, 0.2) is 12.3 Å². The fourth-order valence-corrected chi connectivity index (χ4v) is 1.53. The number of hydrogen-bond donors (Lipinski definition) is 1. The molecule has 0 aliphatic carbocycles. The van der Waals surface area contributed by atoms with E-state index in [2.05, 4.69) is 22.1 Å². The fourth-order valence-electron chi connectivity index (χ4n) is 1.53. The molecule has 0 spiro atoms. The van der Waals surface area contributed by atoms with E-state index in [1.54, 1.807) is 13.1 Å². The van der Waals surface area contributed by atoms with Gasteiger partial charge >= 0.3 is 5.97 Å². The molecule has 16 heavy (non-hydrogen) atoms. The summed E-state index contributed by atoms with van der Waals surface area (Å²) >= 11 is 0. The second-order valence-electron chi connectivity index (χ2n) is 3.38. The SMILES string of the molecule is CCOC(=O)C#Cc1cnc2c(c1)CCN2. The smallest absolute Gasteiger partial charge is 0.384 e. The van der Waals surface area contributed by atoms with Gasteiger partial charge in [-0.3, -0.25) is 0 Å². The van der Waals surface area contributed by atoms with E-state index < -0.39 is 5.97 Å². The van der Waals surface area contributed by atoms with Crippen molar-refractivity contribution in [2.75, 3.05) is 18.5 Å². The lowest BCUT2D eigenvalue weighted by Crippen LogP contribution is -1.99. The number of nitrogens with zero attached hydrogens (tertiary/aromatic N) is 1. The topological polar surface area (TPSA) is 51.2 Å². The Hall–Kier alpha value is -2.02. The van der Waals surface area contributed by atoms with Gasteiger partial charge in [0.1, 0.15) is 5.82 Å². The third kappa shape index (κ3) is 2.31. The van der Waals surface area contributed by atoms with Crippen molar-refractivity contribution < 1.29 is 9.53 Å². The number of ether oxygens (including phenoxy) is 1. The van der Waals surface area contributed by atoms with Gasteiger partial charge in [-0.05, 0) is 25.0 Å². The molecule has 0 aromatic carbocycles. The van der Waals surface area contributed by atoms with Crippen LogP contribution in [0.4, 0.5) is 5.82 Å². The Kier molecular flexibility index (Phi) is 3.06. The zero-order valence-corrected chi connectivity index (χ0v) is 9.04. The number of pyridine rings is 1. The molecular weight excluding hydrogens is 204 g/mol. The summed E-state index contributed by atoms with van der Waals surface area (Å²) in [6, 6.07) is 1.95. The van der Waals surface area contributed by atoms with Crippen LogP contribution in [-0.4, -0.2) is 24.1 Å². The summed E-state index contributed by atoms with van der Waals surface area (Å²) in [4.78, 5) is 15.2. The number of aromatic nitrogens is 1. The van der Waals surface area contributed by atoms with E-state index in [-0.39, 0.29) is 0 Å². The number of fused-ring (bicyclic) bond motifs is 1. The molecular formula is C12H12N2O2. The van der Waals surface area contributed by atoms with Crippen molar-refractivity contribution >= 4 is 11.8 Å². The van der Waals surface area contributed by atoms with E-state index in [1.807, 2.05) is 6.07 Å². The average molecular weight is 216 g/mol. The molecule has 0 saturated heterocycles. The molecule has 2 rings (SSSR count). The predicted octanol–water partition coefficient (Wildman–Crippen LogP) is 0.964. The summed E-state index contributed by atoms with van der Waals surface area (Å²) in [5.74, 6) is 5.58. The molecule has 4 heteroatoms. The molecule has 1 aromatic heterocycles. The highest BCUT2D eigenvalue weighted by atomic mass is 16.5. The molecule has 0 atom stereocenters. The third-order valence-corrected chi connectivity index (χ3v) is 2.24. The quantitative estimate of drug-likeness (QED) is 0.561. The summed E-state index contributed by atoms with van der Waals surface area (Å²) in [5, 5.41) is 3.16. The zero-order valence-electron chi connectivity index (χ0n) is 9.04. The molecule has 0 fully saturated rings. The number of esters is 1. The van der Waals surface area contributed by atoms with Gasteiger partial charge in [-0.15, -0.1) is 0 Å². The van der Waals surface area contributed by atoms with Crippen LogP contribution in [0.25, 0.3) is 0 Å². The Balaban J connectivity index is 2.13. The van der Waals surface area contributed by atoms with E-state index in [4.69, 9.17) is 4.74 Å². The van der Waals surface area contributed by atoms with Gasteiger partial charge in [0.15, 0.2) is 0 Å². The summed E-state index contributed by atoms with van der Waals surface area (Å²) in [6.45, 7) is 3.01. The normalized spacial score (nSPS) is 12.1. The molecule has 0 bridgehead atoms. The molecule has 1 aromatic rings. The van der Waals surface area contributed by atoms with E-state index in [1.165, 1.54) is 0 Å². The maximum absolute atomic E-state index is 11.0. The third-order valence-electron chi connectivity index (χ3n) is 2.24. The van der Waals surface area contributed by atoms with Gasteiger partial charge in [-0.25, -0.2) is 9.78 Å². The van der Waals surface area contributed by atoms with Gasteiger partial charge in [0.2, 0.25) is 0 Å². The summed E-state index contributed by atoms with van der Waals surface area (Å²) in [6.07, 6.45) is 2.61. The molecule has 0 radical (unpaired) electrons. The van der Waals surface area contributed by atoms with Crippen molar-refractivity contribution in [3.05, 3.63) is 23.4 Å². The fraction of sp³-hybridized carbons (Fsp3) is 0.333. The van der Waals surface area contributed by atoms with E-state index in [0.717, 1.165) is 29.9 Å². The molecule has 0 saturated carbocycles. The van der Waals surface area contributed by atoms with Gasteiger partial charge in [0, 0.05) is 24.2 Å². The Morgan fingerprint density at radius 1 is 1.69 bits per heavy atom. The van der Waals surface area contributed by atoms with Gasteiger partial charge in [-0.2, -0.15) is 0 Å². The van der Waals surface area contributed by atoms with Crippen LogP contribution in [0, 0.1) is 11.8 Å². The van der Waals surface area contributed by atoms with Gasteiger partial charge in [-0.1, -0.05) is 5.92 Å². The van der Waals surface area contributed by atoms with Gasteiger partial charge in [0.05, 0.1) is 6.61 Å². The Morgan fingerprint density at radius 2 is 2.56 bits per heavy atom. The first-order valence-corrected chi connectivity index (χ1v) is 5.21. The second-order valence-corrected chi connectivity index (χ2v) is 3.38. The van der Waals surface area contributed by atoms with Crippen LogP contribution in [0.3, 0.4) is 0 Å². The minimum absolute atomic E-state index is 0.347. The average Bonchev–Trinajstić information content (AvgIpc) is 2.74. The van der Waals surface area contributed by atoms with Crippen molar-refractivity contribution in [1.29, 1.82) is 0 Å². The summed E-state index contributed by atoms with van der Waals surface area (Å²) < 4.78 is 4.71. The zero-order chi connectivity index (χ0) is 11.4. The first-order chi connectivity index (χ1) is 7.79. The van der Waals surface area contributed by atoms with Gasteiger partial charge < -0.3 is 10.1 Å². The minimum Gasteiger partial charge on any atom is -0.456 e. The molecule has 1 aliphatic rings. The molecule has 82 valence electrons. The Morgan fingerprint density at radius 3 is 3.38 bits per heavy atom. The van der Waals surface area contributed by atoms with Crippen molar-refractivity contribution in [2.24, 2.45) is 0 Å². The van der Waals surface area contributed by atoms with Crippen molar-refractivity contribution in [1.82, 2.24) is 4.98 Å². The highest BCUT2D eigenvalue weighted by Gasteiger charge is 2.10. The maximum Gasteiger partial charge on any atom is 0.384 e. The summed E-state index contributed by atoms with van der Waals surface area (Å²) in [5.41, 5.74) is 1.89. The molecule has 0 amide bonds. The number of carbonyl (C=O) groups excluding carboxylic acids is 1. The molecule has 1 aliphatic heterocycles. The van der Waals surface area contributed by atoms with Crippen LogP contribution >= 0.6 is 0 Å². The van der Waals surface area contributed by atoms with E-state index in [0.29, 0.717) is 6.61 Å². The molecule has 0 unspecified atom stereocenters. The van der Waals surface area contributed by atoms with Crippen LogP contribution in [0.2, 0.25) is 0 Å². The minimum atomic E-state index is -0.499. The number of hydrogen-bond acceptors (Lipinski definition) is 4. The van der Waals surface area contributed by atoms with E-state index in [9.17, 15) is 4.79 Å². The molecule has 4 nitrogen and oxygen atoms in total. The highest BCUT2D eigenvalue weighted by Crippen LogP contribution is 2.19. The van der Waals surface area contributed by atoms with Crippen LogP contribution in [0.1, 0.15) is 18.1 Å². The van der Waals surface area contributed by atoms with Crippen LogP contribution in [0.5, 0.6) is 0 Å². The van der Waals surface area contributed by atoms with Crippen molar-refractivity contribution in [3.63, 3.8) is 0 Å². The monoisotopic (exact) mass is 216 g/mol. The Bertz CT molecular complexity index is 472. The lowest BCUT2D eigenvalue weighted by atomic mass is 10.2. The maximum atomic E-state index is 11.0. The van der Waals surface area contributed by atoms with Crippen LogP contribution in [-0.2, 0) is 16.0 Å².